The summed E-state index contributed by atoms with van der Waals surface area (Å²) in [6.07, 6.45) is 2.89. The highest BCUT2D eigenvalue weighted by atomic mass is 15.3. The number of hydrogen-bond donors (Lipinski definition) is 2. The van der Waals surface area contributed by atoms with E-state index in [1.54, 1.807) is 0 Å². The van der Waals surface area contributed by atoms with Gasteiger partial charge >= 0.3 is 0 Å². The highest BCUT2D eigenvalue weighted by Crippen LogP contribution is 2.13. The van der Waals surface area contributed by atoms with Crippen LogP contribution in [0.1, 0.15) is 29.3 Å². The van der Waals surface area contributed by atoms with Gasteiger partial charge in [-0.3, -0.25) is 4.68 Å². The van der Waals surface area contributed by atoms with Gasteiger partial charge in [-0.2, -0.15) is 5.10 Å². The molecule has 5 nitrogen and oxygen atoms in total. The number of nitrogens with one attached hydrogen (secondary N) is 1. The standard InChI is InChI=1S/C16H23N5/c1-5-15-13(10-21(4)20-15)9-18-16(17)19-14-7-11(2)6-12(3)8-14/h6-8,10H,5,9H2,1-4H3,(H3,17,18,19). The fraction of sp³-hybridized carbons (Fsp3) is 0.375. The topological polar surface area (TPSA) is 68.2 Å². The Morgan fingerprint density at radius 1 is 1.29 bits per heavy atom. The first kappa shape index (κ1) is 15.1. The van der Waals surface area contributed by atoms with E-state index in [2.05, 4.69) is 54.4 Å². The van der Waals surface area contributed by atoms with Gasteiger partial charge in [0.25, 0.3) is 0 Å². The minimum absolute atomic E-state index is 0.422. The second-order valence-corrected chi connectivity index (χ2v) is 5.33. The van der Waals surface area contributed by atoms with Gasteiger partial charge in [-0.25, -0.2) is 4.99 Å². The van der Waals surface area contributed by atoms with Crippen LogP contribution >= 0.6 is 0 Å². The molecule has 0 saturated heterocycles. The van der Waals surface area contributed by atoms with Crippen LogP contribution in [-0.4, -0.2) is 15.7 Å². The number of rotatable bonds is 4. The van der Waals surface area contributed by atoms with Crippen LogP contribution < -0.4 is 11.1 Å². The van der Waals surface area contributed by atoms with Crippen molar-refractivity contribution in [1.29, 1.82) is 0 Å². The molecule has 1 heterocycles. The van der Waals surface area contributed by atoms with Crippen molar-refractivity contribution < 1.29 is 0 Å². The highest BCUT2D eigenvalue weighted by Gasteiger charge is 2.05. The van der Waals surface area contributed by atoms with E-state index < -0.39 is 0 Å². The van der Waals surface area contributed by atoms with Gasteiger partial charge in [0.1, 0.15) is 0 Å². The van der Waals surface area contributed by atoms with Gasteiger partial charge < -0.3 is 11.1 Å². The Bertz CT molecular complexity index is 634. The Hall–Kier alpha value is -2.30. The Labute approximate surface area is 125 Å². The van der Waals surface area contributed by atoms with Crippen molar-refractivity contribution >= 4 is 11.6 Å². The monoisotopic (exact) mass is 285 g/mol. The van der Waals surface area contributed by atoms with E-state index in [-0.39, 0.29) is 0 Å². The molecule has 0 fully saturated rings. The Morgan fingerprint density at radius 3 is 2.57 bits per heavy atom. The van der Waals surface area contributed by atoms with Crippen LogP contribution in [0.4, 0.5) is 5.69 Å². The van der Waals surface area contributed by atoms with Gasteiger partial charge in [-0.15, -0.1) is 0 Å². The summed E-state index contributed by atoms with van der Waals surface area (Å²) in [5.74, 6) is 0.422. The average Bonchev–Trinajstić information content (AvgIpc) is 2.75. The summed E-state index contributed by atoms with van der Waals surface area (Å²) in [6.45, 7) is 6.76. The lowest BCUT2D eigenvalue weighted by Crippen LogP contribution is -2.22. The van der Waals surface area contributed by atoms with Gasteiger partial charge in [0, 0.05) is 24.5 Å². The Kier molecular flexibility index (Phi) is 4.62. The van der Waals surface area contributed by atoms with Crippen molar-refractivity contribution in [2.75, 3.05) is 5.32 Å². The zero-order valence-corrected chi connectivity index (χ0v) is 13.1. The maximum atomic E-state index is 5.96. The minimum atomic E-state index is 0.422. The summed E-state index contributed by atoms with van der Waals surface area (Å²) in [5.41, 5.74) is 11.5. The van der Waals surface area contributed by atoms with Gasteiger partial charge in [0.05, 0.1) is 12.2 Å². The molecular weight excluding hydrogens is 262 g/mol. The first-order chi connectivity index (χ1) is 9.97. The molecule has 0 aliphatic heterocycles. The van der Waals surface area contributed by atoms with E-state index in [0.717, 1.165) is 23.4 Å². The zero-order valence-electron chi connectivity index (χ0n) is 13.1. The number of hydrogen-bond acceptors (Lipinski definition) is 2. The lowest BCUT2D eigenvalue weighted by atomic mass is 10.1. The number of aryl methyl sites for hydroxylation is 4. The van der Waals surface area contributed by atoms with Crippen LogP contribution in [0, 0.1) is 13.8 Å². The van der Waals surface area contributed by atoms with Crippen LogP contribution in [-0.2, 0) is 20.0 Å². The lowest BCUT2D eigenvalue weighted by molar-refractivity contribution is 0.746. The third kappa shape index (κ3) is 4.08. The number of benzene rings is 1. The molecule has 0 bridgehead atoms. The lowest BCUT2D eigenvalue weighted by Gasteiger charge is -2.08. The minimum Gasteiger partial charge on any atom is -0.370 e. The van der Waals surface area contributed by atoms with E-state index >= 15 is 0 Å². The van der Waals surface area contributed by atoms with E-state index in [1.807, 2.05) is 17.9 Å². The van der Waals surface area contributed by atoms with Crippen LogP contribution in [0.5, 0.6) is 0 Å². The molecule has 3 N–H and O–H groups in total. The molecule has 0 amide bonds. The number of aliphatic imine (C=N–C) groups is 1. The number of anilines is 1. The fourth-order valence-corrected chi connectivity index (χ4v) is 2.42. The molecule has 0 radical (unpaired) electrons. The zero-order chi connectivity index (χ0) is 15.4. The first-order valence-corrected chi connectivity index (χ1v) is 7.14. The van der Waals surface area contributed by atoms with Gasteiger partial charge in [-0.1, -0.05) is 13.0 Å². The average molecular weight is 285 g/mol. The van der Waals surface area contributed by atoms with Crippen LogP contribution in [0.15, 0.2) is 29.4 Å². The van der Waals surface area contributed by atoms with Crippen LogP contribution in [0.25, 0.3) is 0 Å². The molecule has 0 saturated carbocycles. The molecule has 2 aromatic rings. The Morgan fingerprint density at radius 2 is 1.95 bits per heavy atom. The summed E-state index contributed by atoms with van der Waals surface area (Å²) in [6, 6.07) is 6.23. The van der Waals surface area contributed by atoms with Crippen molar-refractivity contribution in [2.24, 2.45) is 17.8 Å². The number of nitrogens with two attached hydrogens (primary N) is 1. The summed E-state index contributed by atoms with van der Waals surface area (Å²) in [7, 11) is 1.92. The van der Waals surface area contributed by atoms with E-state index in [4.69, 9.17) is 5.73 Å². The predicted molar refractivity (Wildman–Crippen MR) is 87.5 cm³/mol. The molecule has 5 heteroatoms. The summed E-state index contributed by atoms with van der Waals surface area (Å²) in [4.78, 5) is 4.40. The normalized spacial score (nSPS) is 11.7. The van der Waals surface area contributed by atoms with E-state index in [1.165, 1.54) is 11.1 Å². The number of aromatic nitrogens is 2. The summed E-state index contributed by atoms with van der Waals surface area (Å²) in [5, 5.41) is 7.54. The molecule has 0 aliphatic rings. The van der Waals surface area contributed by atoms with E-state index in [9.17, 15) is 0 Å². The molecule has 0 spiro atoms. The second-order valence-electron chi connectivity index (χ2n) is 5.33. The third-order valence-electron chi connectivity index (χ3n) is 3.24. The SMILES string of the molecule is CCc1nn(C)cc1CN=C(N)Nc1cc(C)cc(C)c1. The number of guanidine groups is 1. The summed E-state index contributed by atoms with van der Waals surface area (Å²) >= 11 is 0. The highest BCUT2D eigenvalue weighted by molar-refractivity contribution is 5.92. The molecule has 2 rings (SSSR count). The Balaban J connectivity index is 2.07. The van der Waals surface area contributed by atoms with Crippen molar-refractivity contribution in [1.82, 2.24) is 9.78 Å². The van der Waals surface area contributed by atoms with Gasteiger partial charge in [-0.05, 0) is 43.5 Å². The van der Waals surface area contributed by atoms with Crippen molar-refractivity contribution in [3.63, 3.8) is 0 Å². The van der Waals surface area contributed by atoms with E-state index in [0.29, 0.717) is 12.5 Å². The maximum absolute atomic E-state index is 5.96. The van der Waals surface area contributed by atoms with Gasteiger partial charge in [0.15, 0.2) is 5.96 Å². The summed E-state index contributed by atoms with van der Waals surface area (Å²) < 4.78 is 1.82. The molecule has 1 aromatic carbocycles. The smallest absolute Gasteiger partial charge is 0.193 e. The molecule has 1 aromatic heterocycles. The van der Waals surface area contributed by atoms with Crippen LogP contribution in [0.3, 0.4) is 0 Å². The first-order valence-electron chi connectivity index (χ1n) is 7.14. The third-order valence-corrected chi connectivity index (χ3v) is 3.24. The van der Waals surface area contributed by atoms with Crippen molar-refractivity contribution in [3.05, 3.63) is 46.8 Å². The maximum Gasteiger partial charge on any atom is 0.193 e. The molecule has 21 heavy (non-hydrogen) atoms. The molecule has 0 aliphatic carbocycles. The second kappa shape index (κ2) is 6.43. The van der Waals surface area contributed by atoms with Crippen molar-refractivity contribution in [2.45, 2.75) is 33.7 Å². The fourth-order valence-electron chi connectivity index (χ4n) is 2.42. The van der Waals surface area contributed by atoms with Crippen LogP contribution in [0.2, 0.25) is 0 Å². The van der Waals surface area contributed by atoms with Gasteiger partial charge in [0.2, 0.25) is 0 Å². The largest absolute Gasteiger partial charge is 0.370 e. The quantitative estimate of drug-likeness (QED) is 0.670. The number of nitrogens with zero attached hydrogens (tertiary/aromatic N) is 3. The molecule has 112 valence electrons. The predicted octanol–water partition coefficient (Wildman–Crippen LogP) is 2.53. The molecule has 0 unspecified atom stereocenters. The van der Waals surface area contributed by atoms with Crippen molar-refractivity contribution in [3.8, 4) is 0 Å². The molecule has 0 atom stereocenters. The molecular formula is C16H23N5.